The summed E-state index contributed by atoms with van der Waals surface area (Å²) in [5.41, 5.74) is 2.26. The molecule has 1 heterocycles. The molecule has 0 radical (unpaired) electrons. The summed E-state index contributed by atoms with van der Waals surface area (Å²) < 4.78 is 0.939. The zero-order valence-corrected chi connectivity index (χ0v) is 14.1. The summed E-state index contributed by atoms with van der Waals surface area (Å²) >= 11 is 4.84. The number of carbonyl (C=O) groups excluding carboxylic acids is 2. The molecule has 2 rings (SSSR count). The first-order valence-corrected chi connectivity index (χ1v) is 7.99. The number of nitrogens with one attached hydrogen (secondary N) is 1. The topological polar surface area (TPSA) is 49.4 Å². The number of rotatable bonds is 4. The molecule has 0 bridgehead atoms. The molecule has 0 spiro atoms. The fraction of sp³-hybridized carbons (Fsp3) is 0.200. The van der Waals surface area contributed by atoms with Gasteiger partial charge in [-0.05, 0) is 39.7 Å². The Balaban J connectivity index is 2.04. The molecule has 0 unspecified atom stereocenters. The van der Waals surface area contributed by atoms with Crippen molar-refractivity contribution in [2.75, 3.05) is 14.1 Å². The first-order chi connectivity index (χ1) is 10.0. The fourth-order valence-electron chi connectivity index (χ4n) is 1.89. The fourth-order valence-corrected chi connectivity index (χ4v) is 3.02. The highest BCUT2D eigenvalue weighted by Gasteiger charge is 2.13. The van der Waals surface area contributed by atoms with E-state index < -0.39 is 0 Å². The van der Waals surface area contributed by atoms with Gasteiger partial charge >= 0.3 is 0 Å². The van der Waals surface area contributed by atoms with Gasteiger partial charge in [0, 0.05) is 31.6 Å². The van der Waals surface area contributed by atoms with Crippen molar-refractivity contribution in [1.82, 2.24) is 10.2 Å². The summed E-state index contributed by atoms with van der Waals surface area (Å²) in [5.74, 6) is -0.138. The molecular formula is C15H15BrN2O2S. The van der Waals surface area contributed by atoms with Crippen LogP contribution in [0.25, 0.3) is 0 Å². The van der Waals surface area contributed by atoms with Crippen LogP contribution in [0.4, 0.5) is 0 Å². The van der Waals surface area contributed by atoms with Crippen molar-refractivity contribution < 1.29 is 9.59 Å². The number of nitrogens with zero attached hydrogens (tertiary/aromatic N) is 1. The van der Waals surface area contributed by atoms with Crippen molar-refractivity contribution in [3.63, 3.8) is 0 Å². The second-order valence-electron chi connectivity index (χ2n) is 4.58. The van der Waals surface area contributed by atoms with E-state index in [1.807, 2.05) is 23.6 Å². The van der Waals surface area contributed by atoms with Crippen LogP contribution in [0.1, 0.15) is 26.3 Å². The van der Waals surface area contributed by atoms with Crippen LogP contribution >= 0.6 is 27.3 Å². The van der Waals surface area contributed by atoms with E-state index in [9.17, 15) is 9.59 Å². The number of thiophene rings is 1. The molecule has 0 aliphatic heterocycles. The van der Waals surface area contributed by atoms with Crippen LogP contribution in [0.5, 0.6) is 0 Å². The molecule has 1 aromatic carbocycles. The Morgan fingerprint density at radius 1 is 1.24 bits per heavy atom. The standard InChI is InChI=1S/C15H15BrN2O2S/c1-17-14(19)11-5-3-10(4-6-11)8-18(2)15(20)12-7-13(16)21-9-12/h3-7,9H,8H2,1-2H3,(H,17,19). The third-order valence-corrected chi connectivity index (χ3v) is 4.53. The molecule has 2 amide bonds. The third kappa shape index (κ3) is 3.92. The largest absolute Gasteiger partial charge is 0.355 e. The Morgan fingerprint density at radius 2 is 1.90 bits per heavy atom. The maximum Gasteiger partial charge on any atom is 0.254 e. The zero-order chi connectivity index (χ0) is 15.4. The van der Waals surface area contributed by atoms with Gasteiger partial charge in [0.25, 0.3) is 11.8 Å². The average Bonchev–Trinajstić information content (AvgIpc) is 2.93. The lowest BCUT2D eigenvalue weighted by molar-refractivity contribution is 0.0785. The second-order valence-corrected chi connectivity index (χ2v) is 6.87. The van der Waals surface area contributed by atoms with E-state index in [4.69, 9.17) is 0 Å². The predicted octanol–water partition coefficient (Wildman–Crippen LogP) is 3.14. The molecule has 0 fully saturated rings. The zero-order valence-electron chi connectivity index (χ0n) is 11.7. The maximum atomic E-state index is 12.2. The molecule has 1 N–H and O–H groups in total. The van der Waals surface area contributed by atoms with Crippen LogP contribution in [-0.2, 0) is 6.54 Å². The Bertz CT molecular complexity index is 652. The van der Waals surface area contributed by atoms with E-state index in [0.29, 0.717) is 17.7 Å². The molecule has 4 nitrogen and oxygen atoms in total. The van der Waals surface area contributed by atoms with Gasteiger partial charge in [0.1, 0.15) is 0 Å². The summed E-state index contributed by atoms with van der Waals surface area (Å²) in [7, 11) is 3.36. The smallest absolute Gasteiger partial charge is 0.254 e. The van der Waals surface area contributed by atoms with Crippen molar-refractivity contribution >= 4 is 39.1 Å². The second kappa shape index (κ2) is 6.87. The van der Waals surface area contributed by atoms with Crippen LogP contribution < -0.4 is 5.32 Å². The normalized spacial score (nSPS) is 10.2. The summed E-state index contributed by atoms with van der Waals surface area (Å²) in [6.07, 6.45) is 0. The summed E-state index contributed by atoms with van der Waals surface area (Å²) in [6, 6.07) is 9.05. The van der Waals surface area contributed by atoms with E-state index >= 15 is 0 Å². The van der Waals surface area contributed by atoms with Gasteiger partial charge < -0.3 is 10.2 Å². The van der Waals surface area contributed by atoms with Gasteiger partial charge in [-0.1, -0.05) is 12.1 Å². The Kier molecular flexibility index (Phi) is 5.14. The minimum Gasteiger partial charge on any atom is -0.355 e. The van der Waals surface area contributed by atoms with E-state index in [2.05, 4.69) is 21.2 Å². The lowest BCUT2D eigenvalue weighted by Gasteiger charge is -2.16. The number of halogens is 1. The van der Waals surface area contributed by atoms with Gasteiger partial charge in [-0.25, -0.2) is 0 Å². The van der Waals surface area contributed by atoms with Gasteiger partial charge in [0.05, 0.1) is 9.35 Å². The average molecular weight is 367 g/mol. The predicted molar refractivity (Wildman–Crippen MR) is 87.6 cm³/mol. The van der Waals surface area contributed by atoms with Gasteiger partial charge in [0.2, 0.25) is 0 Å². The van der Waals surface area contributed by atoms with Crippen molar-refractivity contribution in [3.05, 3.63) is 56.2 Å². The summed E-state index contributed by atoms with van der Waals surface area (Å²) in [6.45, 7) is 0.500. The minimum absolute atomic E-state index is 0.0210. The molecule has 0 aliphatic carbocycles. The van der Waals surface area contributed by atoms with Crippen molar-refractivity contribution in [3.8, 4) is 0 Å². The highest BCUT2D eigenvalue weighted by molar-refractivity contribution is 9.11. The van der Waals surface area contributed by atoms with Gasteiger partial charge in [0.15, 0.2) is 0 Å². The molecule has 6 heteroatoms. The van der Waals surface area contributed by atoms with Crippen LogP contribution in [0.15, 0.2) is 39.5 Å². The third-order valence-electron chi connectivity index (χ3n) is 3.02. The highest BCUT2D eigenvalue weighted by Crippen LogP contribution is 2.22. The lowest BCUT2D eigenvalue weighted by Crippen LogP contribution is -2.25. The molecule has 0 saturated heterocycles. The number of carbonyl (C=O) groups is 2. The van der Waals surface area contributed by atoms with Crippen molar-refractivity contribution in [2.45, 2.75) is 6.54 Å². The Hall–Kier alpha value is -1.66. The Morgan fingerprint density at radius 3 is 2.43 bits per heavy atom. The Labute approximate surface area is 135 Å². The number of amides is 2. The van der Waals surface area contributed by atoms with Gasteiger partial charge in [-0.2, -0.15) is 0 Å². The first kappa shape index (κ1) is 15.7. The van der Waals surface area contributed by atoms with Crippen molar-refractivity contribution in [2.24, 2.45) is 0 Å². The SMILES string of the molecule is CNC(=O)c1ccc(CN(C)C(=O)c2csc(Br)c2)cc1. The van der Waals surface area contributed by atoms with E-state index in [1.54, 1.807) is 31.1 Å². The molecule has 0 saturated carbocycles. The molecular weight excluding hydrogens is 352 g/mol. The molecule has 21 heavy (non-hydrogen) atoms. The lowest BCUT2D eigenvalue weighted by atomic mass is 10.1. The number of hydrogen-bond donors (Lipinski definition) is 1. The number of benzene rings is 1. The van der Waals surface area contributed by atoms with Crippen LogP contribution in [0.2, 0.25) is 0 Å². The van der Waals surface area contributed by atoms with Crippen LogP contribution in [0, 0.1) is 0 Å². The van der Waals surface area contributed by atoms with E-state index in [1.165, 1.54) is 11.3 Å². The first-order valence-electron chi connectivity index (χ1n) is 6.32. The molecule has 0 aliphatic rings. The molecule has 110 valence electrons. The van der Waals surface area contributed by atoms with E-state index in [-0.39, 0.29) is 11.8 Å². The monoisotopic (exact) mass is 366 g/mol. The summed E-state index contributed by atoms with van der Waals surface area (Å²) in [4.78, 5) is 25.4. The molecule has 1 aromatic heterocycles. The van der Waals surface area contributed by atoms with Gasteiger partial charge in [-0.15, -0.1) is 11.3 Å². The summed E-state index contributed by atoms with van der Waals surface area (Å²) in [5, 5.41) is 4.41. The minimum atomic E-state index is -0.117. The van der Waals surface area contributed by atoms with Crippen molar-refractivity contribution in [1.29, 1.82) is 0 Å². The van der Waals surface area contributed by atoms with Crippen LogP contribution in [-0.4, -0.2) is 30.8 Å². The highest BCUT2D eigenvalue weighted by atomic mass is 79.9. The maximum absolute atomic E-state index is 12.2. The molecule has 0 atom stereocenters. The quantitative estimate of drug-likeness (QED) is 0.903. The molecule has 2 aromatic rings. The number of hydrogen-bond acceptors (Lipinski definition) is 3. The van der Waals surface area contributed by atoms with Crippen LogP contribution in [0.3, 0.4) is 0 Å². The van der Waals surface area contributed by atoms with E-state index in [0.717, 1.165) is 9.35 Å². The van der Waals surface area contributed by atoms with Gasteiger partial charge in [-0.3, -0.25) is 9.59 Å².